The molecule has 0 fully saturated rings. The van der Waals surface area contributed by atoms with E-state index in [0.29, 0.717) is 12.2 Å². The second-order valence-corrected chi connectivity index (χ2v) is 5.87. The van der Waals surface area contributed by atoms with Crippen LogP contribution in [0.3, 0.4) is 0 Å². The van der Waals surface area contributed by atoms with Gasteiger partial charge in [-0.25, -0.2) is 4.79 Å². The summed E-state index contributed by atoms with van der Waals surface area (Å²) in [5.41, 5.74) is 3.43. The molecule has 1 N–H and O–H groups in total. The molecule has 134 valence electrons. The fourth-order valence-corrected chi connectivity index (χ4v) is 2.74. The van der Waals surface area contributed by atoms with E-state index in [2.05, 4.69) is 10.1 Å². The largest absolute Gasteiger partial charge is 0.462 e. The lowest BCUT2D eigenvalue weighted by Crippen LogP contribution is -2.15. The maximum absolute atomic E-state index is 11.8. The number of pyridine rings is 1. The van der Waals surface area contributed by atoms with Crippen molar-refractivity contribution in [3.63, 3.8) is 0 Å². The predicted octanol–water partition coefficient (Wildman–Crippen LogP) is 2.63. The van der Waals surface area contributed by atoms with Crippen LogP contribution in [0.5, 0.6) is 0 Å². The molecule has 1 unspecified atom stereocenters. The molecule has 0 radical (unpaired) electrons. The van der Waals surface area contributed by atoms with Gasteiger partial charge in [0.2, 0.25) is 0 Å². The van der Waals surface area contributed by atoms with Gasteiger partial charge in [0.15, 0.2) is 0 Å². The number of carbonyl (C=O) groups is 1. The summed E-state index contributed by atoms with van der Waals surface area (Å²) >= 11 is 0. The molecule has 6 nitrogen and oxygen atoms in total. The lowest BCUT2D eigenvalue weighted by atomic mass is 10.0. The van der Waals surface area contributed by atoms with Crippen molar-refractivity contribution in [3.05, 3.63) is 83.4 Å². The van der Waals surface area contributed by atoms with Crippen molar-refractivity contribution < 1.29 is 14.6 Å². The van der Waals surface area contributed by atoms with Gasteiger partial charge in [0, 0.05) is 24.5 Å². The van der Waals surface area contributed by atoms with Gasteiger partial charge in [-0.15, -0.1) is 0 Å². The monoisotopic (exact) mass is 351 g/mol. The van der Waals surface area contributed by atoms with Crippen LogP contribution in [0, 0.1) is 0 Å². The number of aromatic nitrogens is 3. The molecule has 0 aliphatic carbocycles. The minimum Gasteiger partial charge on any atom is -0.462 e. The van der Waals surface area contributed by atoms with Gasteiger partial charge in [0.1, 0.15) is 0 Å². The second-order valence-electron chi connectivity index (χ2n) is 5.87. The zero-order valence-corrected chi connectivity index (χ0v) is 14.6. The molecule has 2 aromatic heterocycles. The van der Waals surface area contributed by atoms with Crippen LogP contribution in [0.15, 0.2) is 61.1 Å². The number of aliphatic hydroxyl groups excluding tert-OH is 1. The molecule has 0 amide bonds. The summed E-state index contributed by atoms with van der Waals surface area (Å²) < 4.78 is 6.56. The van der Waals surface area contributed by atoms with E-state index in [1.54, 1.807) is 24.0 Å². The lowest BCUT2D eigenvalue weighted by molar-refractivity contribution is 0.0526. The maximum atomic E-state index is 11.8. The summed E-state index contributed by atoms with van der Waals surface area (Å²) in [5.74, 6) is -0.416. The van der Waals surface area contributed by atoms with E-state index in [1.807, 2.05) is 42.5 Å². The normalized spacial score (nSPS) is 11.9. The number of aliphatic hydroxyl groups is 1. The Morgan fingerprint density at radius 1 is 1.23 bits per heavy atom. The van der Waals surface area contributed by atoms with E-state index < -0.39 is 5.97 Å². The quantitative estimate of drug-likeness (QED) is 0.662. The summed E-state index contributed by atoms with van der Waals surface area (Å²) in [4.78, 5) is 16.1. The van der Waals surface area contributed by atoms with Gasteiger partial charge in [-0.1, -0.05) is 30.3 Å². The summed E-state index contributed by atoms with van der Waals surface area (Å²) in [6.45, 7) is 1.94. The fraction of sp³-hybridized carbons (Fsp3) is 0.250. The Hall–Kier alpha value is -2.99. The number of hydrogen-bond acceptors (Lipinski definition) is 5. The van der Waals surface area contributed by atoms with Crippen LogP contribution < -0.4 is 0 Å². The van der Waals surface area contributed by atoms with Crippen molar-refractivity contribution in [2.24, 2.45) is 0 Å². The van der Waals surface area contributed by atoms with Crippen molar-refractivity contribution in [1.82, 2.24) is 14.8 Å². The van der Waals surface area contributed by atoms with Crippen molar-refractivity contribution in [2.75, 3.05) is 13.2 Å². The highest BCUT2D eigenvalue weighted by molar-refractivity contribution is 5.88. The Kier molecular flexibility index (Phi) is 5.76. The minimum atomic E-state index is -0.416. The molecule has 0 saturated carbocycles. The zero-order valence-electron chi connectivity index (χ0n) is 14.6. The van der Waals surface area contributed by atoms with Gasteiger partial charge in [0.25, 0.3) is 0 Å². The second kappa shape index (κ2) is 8.40. The van der Waals surface area contributed by atoms with Crippen LogP contribution in [-0.2, 0) is 11.2 Å². The van der Waals surface area contributed by atoms with E-state index in [0.717, 1.165) is 23.2 Å². The molecule has 0 spiro atoms. The fourth-order valence-electron chi connectivity index (χ4n) is 2.74. The lowest BCUT2D eigenvalue weighted by Gasteiger charge is -2.15. The first kappa shape index (κ1) is 17.8. The van der Waals surface area contributed by atoms with Crippen molar-refractivity contribution in [2.45, 2.75) is 19.4 Å². The van der Waals surface area contributed by atoms with E-state index in [4.69, 9.17) is 4.74 Å². The first-order valence-electron chi connectivity index (χ1n) is 8.52. The topological polar surface area (TPSA) is 77.2 Å². The van der Waals surface area contributed by atoms with Gasteiger partial charge in [-0.3, -0.25) is 9.67 Å². The molecule has 2 heterocycles. The number of carbonyl (C=O) groups excluding carboxylic acids is 1. The molecule has 3 aromatic rings. The van der Waals surface area contributed by atoms with Gasteiger partial charge in [-0.2, -0.15) is 5.10 Å². The van der Waals surface area contributed by atoms with Crippen LogP contribution in [0.25, 0.3) is 0 Å². The van der Waals surface area contributed by atoms with Crippen LogP contribution >= 0.6 is 0 Å². The van der Waals surface area contributed by atoms with Crippen LogP contribution in [0.4, 0.5) is 0 Å². The van der Waals surface area contributed by atoms with E-state index in [1.165, 1.54) is 6.20 Å². The average molecular weight is 351 g/mol. The minimum absolute atomic E-state index is 0.121. The molecule has 0 aliphatic rings. The van der Waals surface area contributed by atoms with Gasteiger partial charge >= 0.3 is 5.97 Å². The van der Waals surface area contributed by atoms with Gasteiger partial charge in [-0.05, 0) is 30.2 Å². The van der Waals surface area contributed by atoms with Crippen LogP contribution in [-0.4, -0.2) is 39.1 Å². The molecular weight excluding hydrogens is 330 g/mol. The van der Waals surface area contributed by atoms with Crippen molar-refractivity contribution in [1.29, 1.82) is 0 Å². The summed E-state index contributed by atoms with van der Waals surface area (Å²) in [6, 6.07) is 13.5. The molecule has 26 heavy (non-hydrogen) atoms. The Labute approximate surface area is 152 Å². The summed E-state index contributed by atoms with van der Waals surface area (Å²) in [6.07, 6.45) is 5.58. The van der Waals surface area contributed by atoms with E-state index >= 15 is 0 Å². The van der Waals surface area contributed by atoms with Crippen LogP contribution in [0.1, 0.15) is 40.1 Å². The van der Waals surface area contributed by atoms with Crippen LogP contribution in [0.2, 0.25) is 0 Å². The SMILES string of the molecule is CCOC(=O)c1cnn(C(CO)c2ccc(Cc3ccccn3)cc2)c1. The number of hydrogen-bond donors (Lipinski definition) is 1. The Morgan fingerprint density at radius 3 is 2.69 bits per heavy atom. The van der Waals surface area contributed by atoms with Gasteiger partial charge < -0.3 is 9.84 Å². The Bertz CT molecular complexity index is 844. The zero-order chi connectivity index (χ0) is 18.4. The molecule has 6 heteroatoms. The highest BCUT2D eigenvalue weighted by atomic mass is 16.5. The third-order valence-electron chi connectivity index (χ3n) is 4.08. The first-order valence-corrected chi connectivity index (χ1v) is 8.52. The number of rotatable bonds is 7. The van der Waals surface area contributed by atoms with E-state index in [9.17, 15) is 9.90 Å². The smallest absolute Gasteiger partial charge is 0.341 e. The molecule has 0 saturated heterocycles. The molecule has 0 bridgehead atoms. The third-order valence-corrected chi connectivity index (χ3v) is 4.08. The molecule has 3 rings (SSSR count). The third kappa shape index (κ3) is 4.15. The number of esters is 1. The van der Waals surface area contributed by atoms with Crippen molar-refractivity contribution >= 4 is 5.97 Å². The highest BCUT2D eigenvalue weighted by Crippen LogP contribution is 2.19. The number of nitrogens with zero attached hydrogens (tertiary/aromatic N) is 3. The Morgan fingerprint density at radius 2 is 2.04 bits per heavy atom. The standard InChI is InChI=1S/C20H21N3O3/c1-2-26-20(25)17-12-22-23(13-17)19(14-24)16-8-6-15(7-9-16)11-18-5-3-4-10-21-18/h3-10,12-13,19,24H,2,11,14H2,1H3. The first-order chi connectivity index (χ1) is 12.7. The highest BCUT2D eigenvalue weighted by Gasteiger charge is 2.17. The number of benzene rings is 1. The predicted molar refractivity (Wildman–Crippen MR) is 96.9 cm³/mol. The molecule has 1 atom stereocenters. The number of ether oxygens (including phenoxy) is 1. The Balaban J connectivity index is 1.75. The average Bonchev–Trinajstić information content (AvgIpc) is 3.15. The van der Waals surface area contributed by atoms with Gasteiger partial charge in [0.05, 0.1) is 31.0 Å². The van der Waals surface area contributed by atoms with Crippen molar-refractivity contribution in [3.8, 4) is 0 Å². The molecule has 1 aromatic carbocycles. The molecule has 0 aliphatic heterocycles. The summed E-state index contributed by atoms with van der Waals surface area (Å²) in [7, 11) is 0. The molecular formula is C20H21N3O3. The van der Waals surface area contributed by atoms with E-state index in [-0.39, 0.29) is 12.6 Å². The summed E-state index contributed by atoms with van der Waals surface area (Å²) in [5, 5.41) is 14.0. The maximum Gasteiger partial charge on any atom is 0.341 e.